The van der Waals surface area contributed by atoms with Gasteiger partial charge in [0.05, 0.1) is 9.58 Å². The Morgan fingerprint density at radius 3 is 2.64 bits per heavy atom. The maximum atomic E-state index is 11.6. The third-order valence-electron chi connectivity index (χ3n) is 3.85. The van der Waals surface area contributed by atoms with Gasteiger partial charge in [-0.05, 0) is 35.4 Å². The van der Waals surface area contributed by atoms with E-state index in [2.05, 4.69) is 35.3 Å². The fourth-order valence-electron chi connectivity index (χ4n) is 2.72. The molecule has 0 saturated heterocycles. The van der Waals surface area contributed by atoms with E-state index in [9.17, 15) is 4.79 Å². The van der Waals surface area contributed by atoms with Crippen LogP contribution in [-0.2, 0) is 0 Å². The largest absolute Gasteiger partial charge is 0.294 e. The van der Waals surface area contributed by atoms with E-state index >= 15 is 0 Å². The number of hydrogen-bond acceptors (Lipinski definition) is 3. The highest BCUT2D eigenvalue weighted by atomic mass is 32.1. The standard InChI is InChI=1S/C19H13NOS/c1-12(21)18-9-16-17(10-20-11-19(16)22-18)15-7-6-13-4-2-3-5-14(13)8-15/h2-11H,1H3. The molecule has 0 fully saturated rings. The molecule has 0 saturated carbocycles. The number of hydrogen-bond donors (Lipinski definition) is 0. The summed E-state index contributed by atoms with van der Waals surface area (Å²) in [6.07, 6.45) is 3.71. The molecule has 0 spiro atoms. The summed E-state index contributed by atoms with van der Waals surface area (Å²) in [5.74, 6) is 0.102. The zero-order valence-electron chi connectivity index (χ0n) is 12.0. The maximum absolute atomic E-state index is 11.6. The van der Waals surface area contributed by atoms with Crippen LogP contribution in [0.1, 0.15) is 16.6 Å². The minimum atomic E-state index is 0.102. The number of carbonyl (C=O) groups excluding carboxylic acids is 1. The molecule has 0 amide bonds. The van der Waals surface area contributed by atoms with Crippen LogP contribution in [0.4, 0.5) is 0 Å². The number of benzene rings is 2. The molecule has 2 heterocycles. The van der Waals surface area contributed by atoms with Gasteiger partial charge in [-0.15, -0.1) is 11.3 Å². The monoisotopic (exact) mass is 303 g/mol. The van der Waals surface area contributed by atoms with E-state index in [-0.39, 0.29) is 5.78 Å². The molecule has 3 heteroatoms. The van der Waals surface area contributed by atoms with Crippen molar-refractivity contribution in [3.63, 3.8) is 0 Å². The molecule has 0 N–H and O–H groups in total. The van der Waals surface area contributed by atoms with E-state index in [4.69, 9.17) is 0 Å². The second kappa shape index (κ2) is 5.04. The van der Waals surface area contributed by atoms with Crippen LogP contribution in [0.15, 0.2) is 60.9 Å². The minimum absolute atomic E-state index is 0.102. The molecule has 0 aliphatic heterocycles. The van der Waals surface area contributed by atoms with Crippen molar-refractivity contribution in [2.45, 2.75) is 6.92 Å². The lowest BCUT2D eigenvalue weighted by molar-refractivity contribution is 0.102. The Morgan fingerprint density at radius 2 is 1.82 bits per heavy atom. The number of Topliss-reactive ketones (excluding diaryl/α,β-unsaturated/α-hetero) is 1. The number of nitrogens with zero attached hydrogens (tertiary/aromatic N) is 1. The zero-order valence-corrected chi connectivity index (χ0v) is 12.9. The molecule has 22 heavy (non-hydrogen) atoms. The highest BCUT2D eigenvalue weighted by molar-refractivity contribution is 7.20. The highest BCUT2D eigenvalue weighted by Crippen LogP contribution is 2.34. The van der Waals surface area contributed by atoms with Crippen LogP contribution in [0.5, 0.6) is 0 Å². The van der Waals surface area contributed by atoms with Gasteiger partial charge in [0, 0.05) is 23.3 Å². The lowest BCUT2D eigenvalue weighted by Crippen LogP contribution is -1.84. The van der Waals surface area contributed by atoms with Crippen LogP contribution in [0, 0.1) is 0 Å². The summed E-state index contributed by atoms with van der Waals surface area (Å²) in [6, 6.07) is 16.7. The average molecular weight is 303 g/mol. The number of ketones is 1. The fourth-order valence-corrected chi connectivity index (χ4v) is 3.67. The number of carbonyl (C=O) groups is 1. The molecular weight excluding hydrogens is 290 g/mol. The average Bonchev–Trinajstić information content (AvgIpc) is 2.99. The third kappa shape index (κ3) is 2.11. The minimum Gasteiger partial charge on any atom is -0.294 e. The second-order valence-corrected chi connectivity index (χ2v) is 6.41. The van der Waals surface area contributed by atoms with Gasteiger partial charge in [0.1, 0.15) is 0 Å². The molecule has 2 aromatic heterocycles. The summed E-state index contributed by atoms with van der Waals surface area (Å²) in [5.41, 5.74) is 2.21. The fraction of sp³-hybridized carbons (Fsp3) is 0.0526. The molecule has 2 nitrogen and oxygen atoms in total. The van der Waals surface area contributed by atoms with Crippen LogP contribution in [0.2, 0.25) is 0 Å². The SMILES string of the molecule is CC(=O)c1cc2c(-c3ccc4ccccc4c3)cncc2s1. The van der Waals surface area contributed by atoms with Crippen LogP contribution in [0.25, 0.3) is 32.0 Å². The first kappa shape index (κ1) is 13.2. The van der Waals surface area contributed by atoms with Gasteiger partial charge in [-0.3, -0.25) is 9.78 Å². The van der Waals surface area contributed by atoms with Crippen molar-refractivity contribution >= 4 is 38.0 Å². The predicted molar refractivity (Wildman–Crippen MR) is 92.6 cm³/mol. The smallest absolute Gasteiger partial charge is 0.169 e. The number of rotatable bonds is 2. The van der Waals surface area contributed by atoms with Crippen LogP contribution in [0.3, 0.4) is 0 Å². The molecule has 0 unspecified atom stereocenters. The summed E-state index contributed by atoms with van der Waals surface area (Å²) in [7, 11) is 0. The van der Waals surface area contributed by atoms with E-state index in [0.29, 0.717) is 0 Å². The predicted octanol–water partition coefficient (Wildman–Crippen LogP) is 5.32. The Labute approximate surface area is 132 Å². The topological polar surface area (TPSA) is 30.0 Å². The Kier molecular flexibility index (Phi) is 3.01. The summed E-state index contributed by atoms with van der Waals surface area (Å²) in [6.45, 7) is 1.61. The van der Waals surface area contributed by atoms with Gasteiger partial charge in [-0.25, -0.2) is 0 Å². The first-order chi connectivity index (χ1) is 10.7. The van der Waals surface area contributed by atoms with Gasteiger partial charge in [-0.1, -0.05) is 36.4 Å². The molecule has 0 radical (unpaired) electrons. The summed E-state index contributed by atoms with van der Waals surface area (Å²) in [4.78, 5) is 16.8. The Bertz CT molecular complexity index is 1020. The van der Waals surface area contributed by atoms with Gasteiger partial charge >= 0.3 is 0 Å². The van der Waals surface area contributed by atoms with Crippen molar-refractivity contribution in [2.24, 2.45) is 0 Å². The van der Waals surface area contributed by atoms with Gasteiger partial charge in [0.25, 0.3) is 0 Å². The van der Waals surface area contributed by atoms with Crippen LogP contribution >= 0.6 is 11.3 Å². The highest BCUT2D eigenvalue weighted by Gasteiger charge is 2.11. The molecule has 0 atom stereocenters. The molecule has 0 aliphatic rings. The molecule has 0 aliphatic carbocycles. The summed E-state index contributed by atoms with van der Waals surface area (Å²) in [5, 5.41) is 3.53. The van der Waals surface area contributed by atoms with Crippen molar-refractivity contribution < 1.29 is 4.79 Å². The summed E-state index contributed by atoms with van der Waals surface area (Å²) >= 11 is 1.51. The Hall–Kier alpha value is -2.52. The van der Waals surface area contributed by atoms with Crippen molar-refractivity contribution in [3.8, 4) is 11.1 Å². The summed E-state index contributed by atoms with van der Waals surface area (Å²) < 4.78 is 1.05. The third-order valence-corrected chi connectivity index (χ3v) is 5.02. The van der Waals surface area contributed by atoms with Gasteiger partial charge in [0.15, 0.2) is 5.78 Å². The molecule has 106 valence electrons. The van der Waals surface area contributed by atoms with E-state index in [0.717, 1.165) is 26.1 Å². The molecule has 2 aromatic carbocycles. The molecule has 4 aromatic rings. The number of thiophene rings is 1. The van der Waals surface area contributed by atoms with Gasteiger partial charge < -0.3 is 0 Å². The van der Waals surface area contributed by atoms with Gasteiger partial charge in [-0.2, -0.15) is 0 Å². The van der Waals surface area contributed by atoms with Gasteiger partial charge in [0.2, 0.25) is 0 Å². The van der Waals surface area contributed by atoms with Crippen LogP contribution in [-0.4, -0.2) is 10.8 Å². The normalized spacial score (nSPS) is 11.1. The van der Waals surface area contributed by atoms with Crippen molar-refractivity contribution in [1.29, 1.82) is 0 Å². The van der Waals surface area contributed by atoms with Crippen LogP contribution < -0.4 is 0 Å². The van der Waals surface area contributed by atoms with Crippen molar-refractivity contribution in [1.82, 2.24) is 4.98 Å². The first-order valence-corrected chi connectivity index (χ1v) is 7.92. The number of aromatic nitrogens is 1. The quantitative estimate of drug-likeness (QED) is 0.469. The molecular formula is C19H13NOS. The van der Waals surface area contributed by atoms with Crippen molar-refractivity contribution in [2.75, 3.05) is 0 Å². The van der Waals surface area contributed by atoms with E-state index in [1.165, 1.54) is 22.1 Å². The van der Waals surface area contributed by atoms with Crippen molar-refractivity contribution in [3.05, 3.63) is 65.8 Å². The number of pyridine rings is 1. The second-order valence-electron chi connectivity index (χ2n) is 5.33. The van der Waals surface area contributed by atoms with E-state index < -0.39 is 0 Å². The Balaban J connectivity index is 1.97. The first-order valence-electron chi connectivity index (χ1n) is 7.10. The lowest BCUT2D eigenvalue weighted by Gasteiger charge is -2.05. The molecule has 0 bridgehead atoms. The van der Waals surface area contributed by atoms with E-state index in [1.807, 2.05) is 30.6 Å². The number of fused-ring (bicyclic) bond motifs is 2. The maximum Gasteiger partial charge on any atom is 0.169 e. The zero-order chi connectivity index (χ0) is 15.1. The Morgan fingerprint density at radius 1 is 1.00 bits per heavy atom. The lowest BCUT2D eigenvalue weighted by atomic mass is 10.0. The molecule has 4 rings (SSSR count). The van der Waals surface area contributed by atoms with E-state index in [1.54, 1.807) is 6.92 Å².